The molecular formula is C7H11NO2. The first-order valence-electron chi connectivity index (χ1n) is 3.48. The molecule has 0 aromatic carbocycles. The minimum Gasteiger partial charge on any atom is -0.339 e. The highest BCUT2D eigenvalue weighted by molar-refractivity contribution is 5.13. The third-order valence-electron chi connectivity index (χ3n) is 1.58. The van der Waals surface area contributed by atoms with Crippen LogP contribution in [0.15, 0.2) is 9.32 Å². The number of aromatic amines is 1. The van der Waals surface area contributed by atoms with Crippen LogP contribution in [0.4, 0.5) is 0 Å². The van der Waals surface area contributed by atoms with E-state index in [1.807, 2.05) is 13.8 Å². The lowest BCUT2D eigenvalue weighted by Crippen LogP contribution is -2.01. The van der Waals surface area contributed by atoms with Crippen LogP contribution in [0.25, 0.3) is 0 Å². The number of aryl methyl sites for hydroxylation is 1. The smallest absolute Gasteiger partial charge is 0.339 e. The SMILES string of the molecule is CCc1[nH]oc(=O)c1CC. The van der Waals surface area contributed by atoms with Crippen molar-refractivity contribution in [1.82, 2.24) is 5.16 Å². The Labute approximate surface area is 59.0 Å². The molecule has 0 atom stereocenters. The van der Waals surface area contributed by atoms with E-state index in [4.69, 9.17) is 0 Å². The van der Waals surface area contributed by atoms with Crippen LogP contribution in [0, 0.1) is 0 Å². The predicted molar refractivity (Wildman–Crippen MR) is 38.1 cm³/mol. The van der Waals surface area contributed by atoms with E-state index in [1.165, 1.54) is 0 Å². The molecule has 0 saturated heterocycles. The van der Waals surface area contributed by atoms with Crippen molar-refractivity contribution < 1.29 is 4.52 Å². The third-order valence-corrected chi connectivity index (χ3v) is 1.58. The van der Waals surface area contributed by atoms with Crippen LogP contribution in [0.5, 0.6) is 0 Å². The summed E-state index contributed by atoms with van der Waals surface area (Å²) in [7, 11) is 0. The van der Waals surface area contributed by atoms with Crippen molar-refractivity contribution >= 4 is 0 Å². The fourth-order valence-electron chi connectivity index (χ4n) is 0.998. The molecule has 0 bridgehead atoms. The summed E-state index contributed by atoms with van der Waals surface area (Å²) in [6, 6.07) is 0. The molecule has 3 heteroatoms. The number of hydrogen-bond donors (Lipinski definition) is 1. The largest absolute Gasteiger partial charge is 0.360 e. The summed E-state index contributed by atoms with van der Waals surface area (Å²) in [5.41, 5.74) is 1.48. The van der Waals surface area contributed by atoms with Gasteiger partial charge in [0.2, 0.25) is 0 Å². The van der Waals surface area contributed by atoms with Gasteiger partial charge < -0.3 is 4.52 Å². The van der Waals surface area contributed by atoms with E-state index < -0.39 is 0 Å². The van der Waals surface area contributed by atoms with Gasteiger partial charge in [-0.1, -0.05) is 13.8 Å². The number of hydrogen-bond acceptors (Lipinski definition) is 2. The van der Waals surface area contributed by atoms with E-state index in [2.05, 4.69) is 9.68 Å². The monoisotopic (exact) mass is 141 g/mol. The van der Waals surface area contributed by atoms with Crippen molar-refractivity contribution in [3.8, 4) is 0 Å². The third kappa shape index (κ3) is 0.988. The molecule has 1 aromatic heterocycles. The molecule has 0 spiro atoms. The molecule has 3 nitrogen and oxygen atoms in total. The van der Waals surface area contributed by atoms with Crippen LogP contribution in [-0.2, 0) is 12.8 Å². The van der Waals surface area contributed by atoms with Crippen LogP contribution in [-0.4, -0.2) is 5.16 Å². The molecule has 1 N–H and O–H groups in total. The van der Waals surface area contributed by atoms with E-state index in [9.17, 15) is 4.79 Å². The van der Waals surface area contributed by atoms with Crippen molar-refractivity contribution in [3.05, 3.63) is 21.7 Å². The van der Waals surface area contributed by atoms with Gasteiger partial charge in [0.1, 0.15) is 0 Å². The average Bonchev–Trinajstić information content (AvgIpc) is 2.30. The summed E-state index contributed by atoms with van der Waals surface area (Å²) in [5.74, 6) is 0. The Hall–Kier alpha value is -0.990. The second kappa shape index (κ2) is 2.73. The minimum absolute atomic E-state index is 0.223. The van der Waals surface area contributed by atoms with E-state index in [0.717, 1.165) is 24.1 Å². The van der Waals surface area contributed by atoms with Crippen LogP contribution in [0.1, 0.15) is 25.1 Å². The second-order valence-corrected chi connectivity index (χ2v) is 2.16. The van der Waals surface area contributed by atoms with Crippen molar-refractivity contribution in [3.63, 3.8) is 0 Å². The van der Waals surface area contributed by atoms with Gasteiger partial charge in [-0.05, 0) is 12.8 Å². The van der Waals surface area contributed by atoms with Gasteiger partial charge in [-0.15, -0.1) is 0 Å². The molecule has 0 saturated carbocycles. The van der Waals surface area contributed by atoms with Gasteiger partial charge in [-0.2, -0.15) is 0 Å². The molecule has 1 aromatic rings. The average molecular weight is 141 g/mol. The second-order valence-electron chi connectivity index (χ2n) is 2.16. The van der Waals surface area contributed by atoms with E-state index in [-0.39, 0.29) is 5.63 Å². The van der Waals surface area contributed by atoms with Crippen molar-refractivity contribution in [2.24, 2.45) is 0 Å². The van der Waals surface area contributed by atoms with Gasteiger partial charge >= 0.3 is 5.63 Å². The minimum atomic E-state index is -0.223. The summed E-state index contributed by atoms with van der Waals surface area (Å²) in [6.45, 7) is 3.93. The normalized spacial score (nSPS) is 10.2. The Kier molecular flexibility index (Phi) is 1.94. The quantitative estimate of drug-likeness (QED) is 0.670. The molecular weight excluding hydrogens is 130 g/mol. The van der Waals surface area contributed by atoms with Gasteiger partial charge in [0, 0.05) is 0 Å². The summed E-state index contributed by atoms with van der Waals surface area (Å²) in [4.78, 5) is 10.8. The van der Waals surface area contributed by atoms with E-state index in [1.54, 1.807) is 0 Å². The molecule has 0 amide bonds. The molecule has 0 aliphatic heterocycles. The fourth-order valence-corrected chi connectivity index (χ4v) is 0.998. The Morgan fingerprint density at radius 2 is 2.10 bits per heavy atom. The van der Waals surface area contributed by atoms with Crippen molar-refractivity contribution in [2.75, 3.05) is 0 Å². The van der Waals surface area contributed by atoms with E-state index in [0.29, 0.717) is 0 Å². The topological polar surface area (TPSA) is 46.0 Å². The first-order valence-corrected chi connectivity index (χ1v) is 3.48. The molecule has 0 unspecified atom stereocenters. The highest BCUT2D eigenvalue weighted by atomic mass is 16.5. The lowest BCUT2D eigenvalue weighted by Gasteiger charge is -1.89. The summed E-state index contributed by atoms with van der Waals surface area (Å²) < 4.78 is 4.60. The standard InChI is InChI=1S/C7H11NO2/c1-3-5-6(4-2)8-10-7(5)9/h8H,3-4H2,1-2H3. The maximum Gasteiger partial charge on any atom is 0.360 e. The Bertz CT molecular complexity index is 259. The van der Waals surface area contributed by atoms with Gasteiger partial charge in [0.05, 0.1) is 11.3 Å². The van der Waals surface area contributed by atoms with Gasteiger partial charge in [-0.25, -0.2) is 9.95 Å². The van der Waals surface area contributed by atoms with Gasteiger partial charge in [-0.3, -0.25) is 0 Å². The van der Waals surface area contributed by atoms with Crippen molar-refractivity contribution in [1.29, 1.82) is 0 Å². The zero-order valence-electron chi connectivity index (χ0n) is 6.23. The first kappa shape index (κ1) is 7.12. The molecule has 56 valence electrons. The summed E-state index contributed by atoms with van der Waals surface area (Å²) in [6.07, 6.45) is 1.57. The first-order chi connectivity index (χ1) is 4.79. The Balaban J connectivity index is 3.13. The van der Waals surface area contributed by atoms with Crippen LogP contribution in [0.3, 0.4) is 0 Å². The Morgan fingerprint density at radius 3 is 2.50 bits per heavy atom. The summed E-state index contributed by atoms with van der Waals surface area (Å²) >= 11 is 0. The molecule has 1 heterocycles. The highest BCUT2D eigenvalue weighted by Gasteiger charge is 2.06. The predicted octanol–water partition coefficient (Wildman–Crippen LogP) is 1.09. The maximum atomic E-state index is 10.8. The molecule has 0 fully saturated rings. The lowest BCUT2D eigenvalue weighted by atomic mass is 10.2. The lowest BCUT2D eigenvalue weighted by molar-refractivity contribution is 0.384. The van der Waals surface area contributed by atoms with Gasteiger partial charge in [0.15, 0.2) is 0 Å². The molecule has 0 aliphatic rings. The molecule has 1 rings (SSSR count). The molecule has 0 aliphatic carbocycles. The van der Waals surface area contributed by atoms with Crippen LogP contribution < -0.4 is 5.63 Å². The molecule has 10 heavy (non-hydrogen) atoms. The van der Waals surface area contributed by atoms with Crippen LogP contribution >= 0.6 is 0 Å². The molecule has 0 radical (unpaired) electrons. The Morgan fingerprint density at radius 1 is 1.40 bits per heavy atom. The van der Waals surface area contributed by atoms with Gasteiger partial charge in [0.25, 0.3) is 0 Å². The number of H-pyrrole nitrogens is 1. The zero-order valence-corrected chi connectivity index (χ0v) is 6.23. The van der Waals surface area contributed by atoms with E-state index >= 15 is 0 Å². The number of rotatable bonds is 2. The fraction of sp³-hybridized carbons (Fsp3) is 0.571. The number of nitrogens with one attached hydrogen (secondary N) is 1. The zero-order chi connectivity index (χ0) is 7.56. The highest BCUT2D eigenvalue weighted by Crippen LogP contribution is 2.01. The van der Waals surface area contributed by atoms with Crippen LogP contribution in [0.2, 0.25) is 0 Å². The number of aromatic nitrogens is 1. The summed E-state index contributed by atoms with van der Waals surface area (Å²) in [5, 5.41) is 2.59. The van der Waals surface area contributed by atoms with Crippen molar-refractivity contribution in [2.45, 2.75) is 26.7 Å². The maximum absolute atomic E-state index is 10.8.